The van der Waals surface area contributed by atoms with Crippen LogP contribution in [0.25, 0.3) is 0 Å². The lowest BCUT2D eigenvalue weighted by atomic mass is 9.93. The van der Waals surface area contributed by atoms with Gasteiger partial charge in [-0.25, -0.2) is 0 Å². The lowest BCUT2D eigenvalue weighted by Gasteiger charge is -2.41. The molecule has 2 unspecified atom stereocenters. The zero-order valence-corrected chi connectivity index (χ0v) is 28.7. The Morgan fingerprint density at radius 1 is 0.939 bits per heavy atom. The van der Waals surface area contributed by atoms with E-state index >= 15 is 4.79 Å². The molecule has 14 heteroatoms. The second kappa shape index (κ2) is 16.1. The highest BCUT2D eigenvalue weighted by atomic mass is 35.5. The van der Waals surface area contributed by atoms with Crippen molar-refractivity contribution in [3.63, 3.8) is 0 Å². The smallest absolute Gasteiger partial charge is 0.416 e. The number of halogens is 5. The fraction of sp³-hybridized carbons (Fsp3) is 0.429. The van der Waals surface area contributed by atoms with E-state index in [2.05, 4.69) is 21.3 Å². The molecule has 2 fully saturated rings. The number of nitrogens with zero attached hydrogens (tertiary/aromatic N) is 1. The van der Waals surface area contributed by atoms with Gasteiger partial charge >= 0.3 is 6.18 Å². The molecule has 2 saturated heterocycles. The number of hydrogen-bond donors (Lipinski definition) is 4. The normalized spacial score (nSPS) is 21.4. The van der Waals surface area contributed by atoms with Crippen molar-refractivity contribution in [1.82, 2.24) is 26.2 Å². The second-order valence-corrected chi connectivity index (χ2v) is 12.9. The number of hydrogen-bond acceptors (Lipinski definition) is 7. The van der Waals surface area contributed by atoms with Crippen LogP contribution < -0.4 is 26.0 Å². The van der Waals surface area contributed by atoms with Gasteiger partial charge in [-0.05, 0) is 80.4 Å². The van der Waals surface area contributed by atoms with Gasteiger partial charge < -0.3 is 25.0 Å². The number of piperidine rings is 1. The molecule has 2 amide bonds. The van der Waals surface area contributed by atoms with Crippen LogP contribution in [0.3, 0.4) is 0 Å². The van der Waals surface area contributed by atoms with Crippen LogP contribution in [0.15, 0.2) is 66.7 Å². The number of carbonyl (C=O) groups excluding carboxylic acids is 2. The Hall–Kier alpha value is -3.39. The summed E-state index contributed by atoms with van der Waals surface area (Å²) in [5.41, 5.74) is -1.08. The topological polar surface area (TPSA) is 104 Å². The Morgan fingerprint density at radius 3 is 2.02 bits per heavy atom. The predicted octanol–water partition coefficient (Wildman–Crippen LogP) is 5.58. The van der Waals surface area contributed by atoms with E-state index in [1.54, 1.807) is 31.2 Å². The molecule has 2 aliphatic rings. The van der Waals surface area contributed by atoms with Gasteiger partial charge in [-0.3, -0.25) is 20.2 Å². The molecule has 49 heavy (non-hydrogen) atoms. The number of amides is 2. The SMILES string of the molecule is CCOc1cc(C(F)(F)F)ccc1C1(C(=O)N(CC(=O)NCCOC)C2CCNCC2)NC(c2ccc(Cl)cc2)C(c2ccc(Cl)cc2)N1. The van der Waals surface area contributed by atoms with Crippen molar-refractivity contribution >= 4 is 35.0 Å². The number of ether oxygens (including phenoxy) is 2. The molecule has 5 rings (SSSR count). The summed E-state index contributed by atoms with van der Waals surface area (Å²) in [6.45, 7) is 3.20. The molecule has 264 valence electrons. The van der Waals surface area contributed by atoms with Crippen molar-refractivity contribution in [2.45, 2.75) is 49.7 Å². The minimum atomic E-state index is -4.66. The first kappa shape index (κ1) is 36.9. The largest absolute Gasteiger partial charge is 0.493 e. The van der Waals surface area contributed by atoms with Gasteiger partial charge in [0.2, 0.25) is 5.91 Å². The molecule has 0 bridgehead atoms. The standard InChI is InChI=1S/C35H40Cl2F3N5O4/c1-3-49-29-20-24(35(38,39)40)8-13-28(29)34(33(47)45(27-14-16-41-17-15-27)21-30(46)42-18-19-48-2)43-31(22-4-9-25(36)10-5-22)32(44-34)23-6-11-26(37)12-7-23/h4-13,20,27,31-32,41,43-44H,3,14-19,21H2,1-2H3,(H,42,46). The Kier molecular flexibility index (Phi) is 12.1. The van der Waals surface area contributed by atoms with Crippen LogP contribution in [0.4, 0.5) is 13.2 Å². The summed E-state index contributed by atoms with van der Waals surface area (Å²) in [6, 6.07) is 15.8. The molecule has 2 aliphatic heterocycles. The minimum Gasteiger partial charge on any atom is -0.493 e. The number of methoxy groups -OCH3 is 1. The third-order valence-electron chi connectivity index (χ3n) is 8.82. The summed E-state index contributed by atoms with van der Waals surface area (Å²) in [7, 11) is 1.52. The van der Waals surface area contributed by atoms with Crippen molar-refractivity contribution in [2.75, 3.05) is 46.5 Å². The van der Waals surface area contributed by atoms with Crippen LogP contribution in [0.5, 0.6) is 5.75 Å². The van der Waals surface area contributed by atoms with E-state index in [-0.39, 0.29) is 43.7 Å². The third-order valence-corrected chi connectivity index (χ3v) is 9.33. The van der Waals surface area contributed by atoms with Gasteiger partial charge in [0.05, 0.1) is 37.4 Å². The van der Waals surface area contributed by atoms with Gasteiger partial charge in [0.15, 0.2) is 5.66 Å². The number of nitrogens with one attached hydrogen (secondary N) is 4. The van der Waals surface area contributed by atoms with E-state index in [4.69, 9.17) is 32.7 Å². The van der Waals surface area contributed by atoms with E-state index in [0.29, 0.717) is 36.0 Å². The average molecular weight is 723 g/mol. The number of carbonyl (C=O) groups is 2. The minimum absolute atomic E-state index is 0.0414. The molecule has 9 nitrogen and oxygen atoms in total. The van der Waals surface area contributed by atoms with Gasteiger partial charge in [0, 0.05) is 35.3 Å². The van der Waals surface area contributed by atoms with Crippen LogP contribution in [-0.2, 0) is 26.2 Å². The molecule has 0 spiro atoms. The Balaban J connectivity index is 1.70. The fourth-order valence-electron chi connectivity index (χ4n) is 6.45. The van der Waals surface area contributed by atoms with E-state index in [1.807, 2.05) is 24.3 Å². The van der Waals surface area contributed by atoms with Crippen molar-refractivity contribution in [2.24, 2.45) is 0 Å². The number of rotatable bonds is 12. The molecule has 0 aromatic heterocycles. The lowest BCUT2D eigenvalue weighted by molar-refractivity contribution is -0.146. The highest BCUT2D eigenvalue weighted by Crippen LogP contribution is 2.46. The Labute approximate surface area is 293 Å². The van der Waals surface area contributed by atoms with Crippen LogP contribution in [0.2, 0.25) is 10.0 Å². The van der Waals surface area contributed by atoms with Crippen molar-refractivity contribution in [1.29, 1.82) is 0 Å². The van der Waals surface area contributed by atoms with Crippen LogP contribution in [0, 0.1) is 0 Å². The molecule has 3 aromatic rings. The first-order valence-electron chi connectivity index (χ1n) is 16.1. The third kappa shape index (κ3) is 8.50. The molecule has 0 aliphatic carbocycles. The van der Waals surface area contributed by atoms with Gasteiger partial charge in [0.1, 0.15) is 5.75 Å². The fourth-order valence-corrected chi connectivity index (χ4v) is 6.70. The zero-order chi connectivity index (χ0) is 35.2. The summed E-state index contributed by atoms with van der Waals surface area (Å²) in [4.78, 5) is 30.2. The molecule has 0 radical (unpaired) electrons. The molecule has 0 saturated carbocycles. The molecule has 4 N–H and O–H groups in total. The summed E-state index contributed by atoms with van der Waals surface area (Å²) >= 11 is 12.5. The highest BCUT2D eigenvalue weighted by molar-refractivity contribution is 6.30. The van der Waals surface area contributed by atoms with Crippen LogP contribution in [0.1, 0.15) is 54.1 Å². The van der Waals surface area contributed by atoms with Crippen molar-refractivity contribution < 1.29 is 32.2 Å². The Morgan fingerprint density at radius 2 is 1.51 bits per heavy atom. The first-order chi connectivity index (χ1) is 23.5. The molecular formula is C35H40Cl2F3N5O4. The maximum atomic E-state index is 15.4. The summed E-state index contributed by atoms with van der Waals surface area (Å²) in [6.07, 6.45) is -3.52. The monoisotopic (exact) mass is 721 g/mol. The molecule has 3 aromatic carbocycles. The highest BCUT2D eigenvalue weighted by Gasteiger charge is 2.55. The quantitative estimate of drug-likeness (QED) is 0.181. The van der Waals surface area contributed by atoms with E-state index < -0.39 is 41.3 Å². The maximum absolute atomic E-state index is 15.4. The van der Waals surface area contributed by atoms with Gasteiger partial charge in [-0.15, -0.1) is 0 Å². The van der Waals surface area contributed by atoms with Crippen molar-refractivity contribution in [3.8, 4) is 5.75 Å². The van der Waals surface area contributed by atoms with Gasteiger partial charge in [-0.1, -0.05) is 53.5 Å². The van der Waals surface area contributed by atoms with Crippen LogP contribution in [-0.4, -0.2) is 69.3 Å². The van der Waals surface area contributed by atoms with E-state index in [1.165, 1.54) is 18.1 Å². The maximum Gasteiger partial charge on any atom is 0.416 e. The second-order valence-electron chi connectivity index (χ2n) is 12.0. The lowest BCUT2D eigenvalue weighted by Crippen LogP contribution is -2.63. The molecule has 2 heterocycles. The number of alkyl halides is 3. The Bertz CT molecular complexity index is 1530. The predicted molar refractivity (Wildman–Crippen MR) is 181 cm³/mol. The molecular weight excluding hydrogens is 682 g/mol. The van der Waals surface area contributed by atoms with Crippen molar-refractivity contribution in [3.05, 3.63) is 99.0 Å². The summed E-state index contributed by atoms with van der Waals surface area (Å²) in [5.74, 6) is -1.04. The zero-order valence-electron chi connectivity index (χ0n) is 27.2. The van der Waals surface area contributed by atoms with E-state index in [9.17, 15) is 18.0 Å². The van der Waals surface area contributed by atoms with Crippen LogP contribution >= 0.6 is 23.2 Å². The average Bonchev–Trinajstić information content (AvgIpc) is 3.49. The summed E-state index contributed by atoms with van der Waals surface area (Å²) in [5, 5.41) is 14.1. The van der Waals surface area contributed by atoms with Gasteiger partial charge in [0.25, 0.3) is 5.91 Å². The molecule has 2 atom stereocenters. The first-order valence-corrected chi connectivity index (χ1v) is 16.9. The van der Waals surface area contributed by atoms with Gasteiger partial charge in [-0.2, -0.15) is 13.2 Å². The van der Waals surface area contributed by atoms with E-state index in [0.717, 1.165) is 23.3 Å². The number of benzene rings is 3. The summed E-state index contributed by atoms with van der Waals surface area (Å²) < 4.78 is 52.9.